The van der Waals surface area contributed by atoms with Crippen molar-refractivity contribution in [3.8, 4) is 5.75 Å². The van der Waals surface area contributed by atoms with E-state index in [1.807, 2.05) is 66.7 Å². The van der Waals surface area contributed by atoms with Crippen molar-refractivity contribution in [2.45, 2.75) is 0 Å². The van der Waals surface area contributed by atoms with Gasteiger partial charge >= 0.3 is 0 Å². The number of amidine groups is 1. The molecular weight excluding hydrogens is 393 g/mol. The maximum absolute atomic E-state index is 6.44. The number of halogens is 2. The Bertz CT molecular complexity index is 1090. The molecule has 0 saturated carbocycles. The number of para-hydroxylation sites is 2. The van der Waals surface area contributed by atoms with Crippen molar-refractivity contribution in [3.05, 3.63) is 87.9 Å². The molecule has 28 heavy (non-hydrogen) atoms. The molecule has 1 N–H and O–H groups in total. The van der Waals surface area contributed by atoms with Crippen molar-refractivity contribution in [2.24, 2.45) is 9.98 Å². The Morgan fingerprint density at radius 2 is 1.71 bits per heavy atom. The Balaban J connectivity index is 1.79. The summed E-state index contributed by atoms with van der Waals surface area (Å²) in [4.78, 5) is 9.60. The number of benzene rings is 3. The number of ether oxygens (including phenoxy) is 1. The summed E-state index contributed by atoms with van der Waals surface area (Å²) in [7, 11) is 1.64. The number of hydrogen-bond acceptors (Lipinski definition) is 4. The standard InChI is InChI=1S/C22H17Cl2N3O/c1-28-20-9-5-4-8-19(20)27-21-13-25-22(15-6-2-3-7-17(15)24)16-12-14(23)10-11-18(16)26-21/h2-12H,13H2,1H3,(H,26,27). The Morgan fingerprint density at radius 3 is 2.54 bits per heavy atom. The lowest BCUT2D eigenvalue weighted by atomic mass is 10.0. The van der Waals surface area contributed by atoms with Crippen LogP contribution in [0.15, 0.2) is 76.7 Å². The second kappa shape index (κ2) is 8.05. The molecule has 1 heterocycles. The number of nitrogens with one attached hydrogen (secondary N) is 1. The summed E-state index contributed by atoms with van der Waals surface area (Å²) in [6.45, 7) is 0.366. The van der Waals surface area contributed by atoms with Crippen LogP contribution in [0.25, 0.3) is 0 Å². The van der Waals surface area contributed by atoms with E-state index in [4.69, 9.17) is 37.9 Å². The molecular formula is C22H17Cl2N3O. The van der Waals surface area contributed by atoms with Crippen molar-refractivity contribution < 1.29 is 4.74 Å². The molecule has 0 fully saturated rings. The average Bonchev–Trinajstić information content (AvgIpc) is 2.88. The van der Waals surface area contributed by atoms with Gasteiger partial charge in [0.05, 0.1) is 30.7 Å². The Labute approximate surface area is 173 Å². The van der Waals surface area contributed by atoms with E-state index in [1.54, 1.807) is 7.11 Å². The maximum atomic E-state index is 6.44. The van der Waals surface area contributed by atoms with Crippen LogP contribution in [0.2, 0.25) is 10.0 Å². The van der Waals surface area contributed by atoms with E-state index in [2.05, 4.69) is 5.32 Å². The van der Waals surface area contributed by atoms with Gasteiger partial charge in [0, 0.05) is 21.2 Å². The number of aliphatic imine (C=N–C) groups is 2. The topological polar surface area (TPSA) is 46.0 Å². The predicted molar refractivity (Wildman–Crippen MR) is 117 cm³/mol. The van der Waals surface area contributed by atoms with Crippen LogP contribution in [0, 0.1) is 0 Å². The van der Waals surface area contributed by atoms with Crippen molar-refractivity contribution >= 4 is 46.1 Å². The first-order chi connectivity index (χ1) is 13.7. The molecule has 0 radical (unpaired) electrons. The number of rotatable bonds is 3. The van der Waals surface area contributed by atoms with Crippen LogP contribution in [-0.4, -0.2) is 25.2 Å². The van der Waals surface area contributed by atoms with Gasteiger partial charge in [-0.2, -0.15) is 0 Å². The molecule has 0 aromatic heterocycles. The average molecular weight is 410 g/mol. The molecule has 4 rings (SSSR count). The largest absolute Gasteiger partial charge is 0.495 e. The van der Waals surface area contributed by atoms with Gasteiger partial charge in [0.1, 0.15) is 11.6 Å². The highest BCUT2D eigenvalue weighted by atomic mass is 35.5. The van der Waals surface area contributed by atoms with Gasteiger partial charge in [-0.15, -0.1) is 0 Å². The third-order valence-corrected chi connectivity index (χ3v) is 4.94. The lowest BCUT2D eigenvalue weighted by Crippen LogP contribution is -2.16. The van der Waals surface area contributed by atoms with E-state index in [0.29, 0.717) is 22.4 Å². The van der Waals surface area contributed by atoms with Gasteiger partial charge in [0.2, 0.25) is 0 Å². The monoisotopic (exact) mass is 409 g/mol. The SMILES string of the molecule is COc1ccccc1NC1=Nc2ccc(Cl)cc2C(c2ccccc2Cl)=NC1. The van der Waals surface area contributed by atoms with Crippen LogP contribution in [-0.2, 0) is 0 Å². The second-order valence-corrected chi connectivity index (χ2v) is 7.03. The summed E-state index contributed by atoms with van der Waals surface area (Å²) < 4.78 is 5.42. The molecule has 0 spiro atoms. The molecule has 0 saturated heterocycles. The van der Waals surface area contributed by atoms with E-state index in [0.717, 1.165) is 34.0 Å². The lowest BCUT2D eigenvalue weighted by molar-refractivity contribution is 0.417. The first kappa shape index (κ1) is 18.5. The van der Waals surface area contributed by atoms with Crippen molar-refractivity contribution in [2.75, 3.05) is 19.0 Å². The zero-order valence-electron chi connectivity index (χ0n) is 15.1. The third-order valence-electron chi connectivity index (χ3n) is 4.37. The molecule has 0 amide bonds. The van der Waals surface area contributed by atoms with Gasteiger partial charge < -0.3 is 10.1 Å². The Morgan fingerprint density at radius 1 is 0.929 bits per heavy atom. The van der Waals surface area contributed by atoms with Crippen molar-refractivity contribution in [1.29, 1.82) is 0 Å². The first-order valence-electron chi connectivity index (χ1n) is 8.72. The summed E-state index contributed by atoms with van der Waals surface area (Å²) in [5.41, 5.74) is 4.07. The van der Waals surface area contributed by atoms with Crippen LogP contribution < -0.4 is 10.1 Å². The van der Waals surface area contributed by atoms with Crippen LogP contribution in [0.1, 0.15) is 11.1 Å². The molecule has 4 nitrogen and oxygen atoms in total. The smallest absolute Gasteiger partial charge is 0.142 e. The van der Waals surface area contributed by atoms with Gasteiger partial charge in [-0.3, -0.25) is 4.99 Å². The second-order valence-electron chi connectivity index (χ2n) is 6.19. The summed E-state index contributed by atoms with van der Waals surface area (Å²) in [6, 6.07) is 20.9. The normalized spacial score (nSPS) is 13.1. The van der Waals surface area contributed by atoms with Gasteiger partial charge in [-0.25, -0.2) is 4.99 Å². The molecule has 0 bridgehead atoms. The molecule has 0 unspecified atom stereocenters. The van der Waals surface area contributed by atoms with E-state index >= 15 is 0 Å². The number of methoxy groups -OCH3 is 1. The highest BCUT2D eigenvalue weighted by Gasteiger charge is 2.19. The molecule has 3 aromatic carbocycles. The Hall–Kier alpha value is -2.82. The number of hydrogen-bond donors (Lipinski definition) is 1. The summed E-state index contributed by atoms with van der Waals surface area (Å²) >= 11 is 12.7. The lowest BCUT2D eigenvalue weighted by Gasteiger charge is -2.11. The zero-order valence-corrected chi connectivity index (χ0v) is 16.6. The van der Waals surface area contributed by atoms with Gasteiger partial charge in [0.25, 0.3) is 0 Å². The van der Waals surface area contributed by atoms with Crippen LogP contribution in [0.3, 0.4) is 0 Å². The number of fused-ring (bicyclic) bond motifs is 1. The molecule has 140 valence electrons. The fourth-order valence-electron chi connectivity index (χ4n) is 3.07. The molecule has 1 aliphatic heterocycles. The summed E-state index contributed by atoms with van der Waals surface area (Å²) in [5.74, 6) is 1.44. The minimum atomic E-state index is 0.366. The minimum Gasteiger partial charge on any atom is -0.495 e. The third kappa shape index (κ3) is 3.75. The fraction of sp³-hybridized carbons (Fsp3) is 0.0909. The van der Waals surface area contributed by atoms with Gasteiger partial charge in [-0.05, 0) is 36.4 Å². The molecule has 1 aliphatic rings. The summed E-state index contributed by atoms with van der Waals surface area (Å²) in [5, 5.41) is 4.59. The van der Waals surface area contributed by atoms with E-state index in [-0.39, 0.29) is 0 Å². The van der Waals surface area contributed by atoms with E-state index in [9.17, 15) is 0 Å². The fourth-order valence-corrected chi connectivity index (χ4v) is 3.47. The van der Waals surface area contributed by atoms with E-state index < -0.39 is 0 Å². The maximum Gasteiger partial charge on any atom is 0.142 e. The first-order valence-corrected chi connectivity index (χ1v) is 9.48. The highest BCUT2D eigenvalue weighted by molar-refractivity contribution is 6.36. The predicted octanol–water partition coefficient (Wildman–Crippen LogP) is 6.00. The summed E-state index contributed by atoms with van der Waals surface area (Å²) in [6.07, 6.45) is 0. The zero-order chi connectivity index (χ0) is 19.5. The minimum absolute atomic E-state index is 0.366. The number of nitrogens with zero attached hydrogens (tertiary/aromatic N) is 2. The number of anilines is 1. The van der Waals surface area contributed by atoms with Crippen molar-refractivity contribution in [1.82, 2.24) is 0 Å². The van der Waals surface area contributed by atoms with E-state index in [1.165, 1.54) is 0 Å². The molecule has 0 aliphatic carbocycles. The molecule has 6 heteroatoms. The quantitative estimate of drug-likeness (QED) is 0.576. The molecule has 0 atom stereocenters. The van der Waals surface area contributed by atoms with Crippen molar-refractivity contribution in [3.63, 3.8) is 0 Å². The Kier molecular flexibility index (Phi) is 5.33. The van der Waals surface area contributed by atoms with Crippen LogP contribution >= 0.6 is 23.2 Å². The van der Waals surface area contributed by atoms with Crippen LogP contribution in [0.5, 0.6) is 5.75 Å². The van der Waals surface area contributed by atoms with Crippen LogP contribution in [0.4, 0.5) is 11.4 Å². The van der Waals surface area contributed by atoms with Gasteiger partial charge in [-0.1, -0.05) is 53.5 Å². The van der Waals surface area contributed by atoms with Gasteiger partial charge in [0.15, 0.2) is 0 Å². The highest BCUT2D eigenvalue weighted by Crippen LogP contribution is 2.31. The molecule has 3 aromatic rings.